The second-order valence-electron chi connectivity index (χ2n) is 3.93. The smallest absolute Gasteiger partial charge is 0.146 e. The van der Waals surface area contributed by atoms with Gasteiger partial charge in [-0.2, -0.15) is 5.26 Å². The average molecular weight is 217 g/mol. The maximum absolute atomic E-state index is 9.17. The van der Waals surface area contributed by atoms with Crippen LogP contribution in [0.2, 0.25) is 0 Å². The number of rotatable bonds is 5. The monoisotopic (exact) mass is 217 g/mol. The minimum absolute atomic E-state index is 0.712. The molecule has 1 aromatic heterocycles. The Hall–Kier alpha value is -1.56. The summed E-state index contributed by atoms with van der Waals surface area (Å²) in [6.07, 6.45) is 3.92. The number of aromatic nitrogens is 1. The second-order valence-corrected chi connectivity index (χ2v) is 3.93. The number of nitrogens with zero attached hydrogens (tertiary/aromatic N) is 3. The van der Waals surface area contributed by atoms with Crippen molar-refractivity contribution in [1.29, 1.82) is 5.26 Å². The molecule has 0 saturated heterocycles. The van der Waals surface area contributed by atoms with Gasteiger partial charge in [0, 0.05) is 19.3 Å². The van der Waals surface area contributed by atoms with E-state index < -0.39 is 0 Å². The summed E-state index contributed by atoms with van der Waals surface area (Å²) in [5, 5.41) is 9.17. The average Bonchev–Trinajstić information content (AvgIpc) is 2.28. The van der Waals surface area contributed by atoms with Crippen LogP contribution in [0, 0.1) is 18.3 Å². The van der Waals surface area contributed by atoms with Gasteiger partial charge in [0.05, 0.1) is 5.56 Å². The van der Waals surface area contributed by atoms with Gasteiger partial charge in [0.25, 0.3) is 0 Å². The van der Waals surface area contributed by atoms with Crippen molar-refractivity contribution in [1.82, 2.24) is 4.98 Å². The molecule has 0 bridgehead atoms. The molecule has 1 heterocycles. The fourth-order valence-corrected chi connectivity index (χ4v) is 1.79. The van der Waals surface area contributed by atoms with Crippen LogP contribution in [0.5, 0.6) is 0 Å². The number of anilines is 1. The minimum atomic E-state index is 0.712. The molecule has 0 N–H and O–H groups in total. The quantitative estimate of drug-likeness (QED) is 0.761. The predicted molar refractivity (Wildman–Crippen MR) is 66.5 cm³/mol. The molecule has 86 valence electrons. The standard InChI is InChI=1S/C13H19N3/c1-4-8-16(9-5-2)13-12(10-14)11(3)6-7-15-13/h6-7H,4-5,8-9H2,1-3H3. The molecule has 0 saturated carbocycles. The van der Waals surface area contributed by atoms with E-state index in [-0.39, 0.29) is 0 Å². The Balaban J connectivity index is 3.08. The summed E-state index contributed by atoms with van der Waals surface area (Å²) >= 11 is 0. The molecule has 3 nitrogen and oxygen atoms in total. The zero-order valence-electron chi connectivity index (χ0n) is 10.3. The number of hydrogen-bond donors (Lipinski definition) is 0. The lowest BCUT2D eigenvalue weighted by molar-refractivity contribution is 0.732. The SMILES string of the molecule is CCCN(CCC)c1nccc(C)c1C#N. The maximum atomic E-state index is 9.17. The molecule has 0 atom stereocenters. The largest absolute Gasteiger partial charge is 0.356 e. The Bertz CT molecular complexity index is 373. The van der Waals surface area contributed by atoms with Crippen molar-refractivity contribution in [3.05, 3.63) is 23.4 Å². The molecule has 0 unspecified atom stereocenters. The highest BCUT2D eigenvalue weighted by atomic mass is 15.2. The van der Waals surface area contributed by atoms with E-state index in [0.717, 1.165) is 37.3 Å². The number of nitriles is 1. The molecule has 0 aromatic carbocycles. The first-order valence-electron chi connectivity index (χ1n) is 5.85. The summed E-state index contributed by atoms with van der Waals surface area (Å²) in [4.78, 5) is 6.55. The number of hydrogen-bond acceptors (Lipinski definition) is 3. The summed E-state index contributed by atoms with van der Waals surface area (Å²) < 4.78 is 0. The van der Waals surface area contributed by atoms with Crippen LogP contribution in [0.15, 0.2) is 12.3 Å². The van der Waals surface area contributed by atoms with Gasteiger partial charge < -0.3 is 4.90 Å². The fraction of sp³-hybridized carbons (Fsp3) is 0.538. The maximum Gasteiger partial charge on any atom is 0.146 e. The summed E-state index contributed by atoms with van der Waals surface area (Å²) in [7, 11) is 0. The van der Waals surface area contributed by atoms with Crippen molar-refractivity contribution in [2.24, 2.45) is 0 Å². The molecule has 1 rings (SSSR count). The highest BCUT2D eigenvalue weighted by molar-refractivity contribution is 5.57. The van der Waals surface area contributed by atoms with Crippen molar-refractivity contribution < 1.29 is 0 Å². The molecular formula is C13H19N3. The van der Waals surface area contributed by atoms with Gasteiger partial charge in [-0.3, -0.25) is 0 Å². The van der Waals surface area contributed by atoms with Crippen LogP contribution in [0.3, 0.4) is 0 Å². The van der Waals surface area contributed by atoms with E-state index in [9.17, 15) is 0 Å². The van der Waals surface area contributed by atoms with Gasteiger partial charge in [-0.1, -0.05) is 13.8 Å². The van der Waals surface area contributed by atoms with E-state index in [1.807, 2.05) is 13.0 Å². The molecule has 0 radical (unpaired) electrons. The van der Waals surface area contributed by atoms with Gasteiger partial charge in [-0.15, -0.1) is 0 Å². The Morgan fingerprint density at radius 1 is 1.31 bits per heavy atom. The van der Waals surface area contributed by atoms with Crippen LogP contribution < -0.4 is 4.90 Å². The van der Waals surface area contributed by atoms with Gasteiger partial charge in [0.15, 0.2) is 0 Å². The van der Waals surface area contributed by atoms with Gasteiger partial charge in [0.1, 0.15) is 11.9 Å². The molecule has 0 amide bonds. The topological polar surface area (TPSA) is 39.9 Å². The van der Waals surface area contributed by atoms with E-state index in [2.05, 4.69) is 29.8 Å². The molecule has 0 spiro atoms. The van der Waals surface area contributed by atoms with Gasteiger partial charge in [-0.25, -0.2) is 4.98 Å². The molecule has 0 aliphatic rings. The van der Waals surface area contributed by atoms with E-state index in [1.165, 1.54) is 0 Å². The van der Waals surface area contributed by atoms with Crippen molar-refractivity contribution in [2.45, 2.75) is 33.6 Å². The van der Waals surface area contributed by atoms with Crippen molar-refractivity contribution in [2.75, 3.05) is 18.0 Å². The third kappa shape index (κ3) is 2.73. The van der Waals surface area contributed by atoms with Gasteiger partial charge in [0.2, 0.25) is 0 Å². The lowest BCUT2D eigenvalue weighted by atomic mass is 10.1. The highest BCUT2D eigenvalue weighted by Gasteiger charge is 2.12. The predicted octanol–water partition coefficient (Wildman–Crippen LogP) is 2.89. The molecule has 0 aliphatic carbocycles. The molecule has 0 aliphatic heterocycles. The van der Waals surface area contributed by atoms with E-state index in [4.69, 9.17) is 5.26 Å². The van der Waals surface area contributed by atoms with Gasteiger partial charge >= 0.3 is 0 Å². The lowest BCUT2D eigenvalue weighted by Crippen LogP contribution is -2.26. The molecule has 0 fully saturated rings. The van der Waals surface area contributed by atoms with E-state index >= 15 is 0 Å². The number of pyridine rings is 1. The van der Waals surface area contributed by atoms with Crippen LogP contribution in [0.25, 0.3) is 0 Å². The molecule has 1 aromatic rings. The van der Waals surface area contributed by atoms with Crippen LogP contribution in [-0.2, 0) is 0 Å². The minimum Gasteiger partial charge on any atom is -0.356 e. The Morgan fingerprint density at radius 2 is 1.94 bits per heavy atom. The zero-order valence-corrected chi connectivity index (χ0v) is 10.3. The van der Waals surface area contributed by atoms with Crippen molar-refractivity contribution in [3.8, 4) is 6.07 Å². The van der Waals surface area contributed by atoms with Crippen molar-refractivity contribution >= 4 is 5.82 Å². The fourth-order valence-electron chi connectivity index (χ4n) is 1.79. The Morgan fingerprint density at radius 3 is 2.44 bits per heavy atom. The van der Waals surface area contributed by atoms with Gasteiger partial charge in [-0.05, 0) is 31.4 Å². The summed E-state index contributed by atoms with van der Waals surface area (Å²) in [6.45, 7) is 8.16. The Kier molecular flexibility index (Phi) is 4.78. The number of aryl methyl sites for hydroxylation is 1. The van der Waals surface area contributed by atoms with E-state index in [1.54, 1.807) is 6.20 Å². The summed E-state index contributed by atoms with van der Waals surface area (Å²) in [5.74, 6) is 0.839. The van der Waals surface area contributed by atoms with Crippen molar-refractivity contribution in [3.63, 3.8) is 0 Å². The zero-order chi connectivity index (χ0) is 12.0. The van der Waals surface area contributed by atoms with Crippen LogP contribution in [0.4, 0.5) is 5.82 Å². The lowest BCUT2D eigenvalue weighted by Gasteiger charge is -2.23. The molecule has 16 heavy (non-hydrogen) atoms. The first kappa shape index (κ1) is 12.5. The summed E-state index contributed by atoms with van der Waals surface area (Å²) in [6, 6.07) is 4.14. The first-order valence-corrected chi connectivity index (χ1v) is 5.85. The van der Waals surface area contributed by atoms with Crippen LogP contribution in [-0.4, -0.2) is 18.1 Å². The first-order chi connectivity index (χ1) is 7.74. The third-order valence-electron chi connectivity index (χ3n) is 2.54. The van der Waals surface area contributed by atoms with Crippen LogP contribution >= 0.6 is 0 Å². The third-order valence-corrected chi connectivity index (χ3v) is 2.54. The summed E-state index contributed by atoms with van der Waals surface area (Å²) in [5.41, 5.74) is 1.72. The molecular weight excluding hydrogens is 198 g/mol. The van der Waals surface area contributed by atoms with E-state index in [0.29, 0.717) is 5.56 Å². The van der Waals surface area contributed by atoms with Crippen LogP contribution in [0.1, 0.15) is 37.8 Å². The highest BCUT2D eigenvalue weighted by Crippen LogP contribution is 2.20. The second kappa shape index (κ2) is 6.12. The Labute approximate surface area is 97.7 Å². The normalized spacial score (nSPS) is 9.88. The molecule has 3 heteroatoms.